The van der Waals surface area contributed by atoms with E-state index in [1.807, 2.05) is 29.2 Å². The van der Waals surface area contributed by atoms with Crippen molar-refractivity contribution in [3.05, 3.63) is 29.8 Å². The fraction of sp³-hybridized carbons (Fsp3) is 0.579. The Morgan fingerprint density at radius 3 is 2.46 bits per heavy atom. The Hall–Kier alpha value is -2.04. The van der Waals surface area contributed by atoms with Crippen molar-refractivity contribution in [1.82, 2.24) is 10.2 Å². The van der Waals surface area contributed by atoms with Crippen molar-refractivity contribution in [2.24, 2.45) is 0 Å². The third kappa shape index (κ3) is 7.49. The molecule has 0 aliphatic carbocycles. The van der Waals surface area contributed by atoms with Gasteiger partial charge in [0.15, 0.2) is 0 Å². The Bertz CT molecular complexity index is 511. The number of carbonyl (C=O) groups is 2. The molecule has 0 unspecified atom stereocenters. The third-order valence-corrected chi connectivity index (χ3v) is 3.76. The van der Waals surface area contributed by atoms with E-state index < -0.39 is 0 Å². The summed E-state index contributed by atoms with van der Waals surface area (Å²) in [5, 5.41) is 2.88. The highest BCUT2D eigenvalue weighted by Gasteiger charge is 2.12. The smallest absolute Gasteiger partial charge is 0.222 e. The molecule has 0 aliphatic heterocycles. The summed E-state index contributed by atoms with van der Waals surface area (Å²) >= 11 is 0. The number of amides is 2. The minimum Gasteiger partial charge on any atom is -0.497 e. The van der Waals surface area contributed by atoms with E-state index in [9.17, 15) is 9.59 Å². The van der Waals surface area contributed by atoms with Crippen LogP contribution in [0.5, 0.6) is 5.75 Å². The minimum atomic E-state index is -0.0249. The van der Waals surface area contributed by atoms with Gasteiger partial charge in [-0.05, 0) is 37.0 Å². The quantitative estimate of drug-likeness (QED) is 0.676. The molecule has 0 saturated heterocycles. The standard InChI is InChI=1S/C19H30N2O3/c1-4-12-21(13-5-2)19(23)11-7-10-18(22)20-15-16-8-6-9-17(14-16)24-3/h6,8-9,14H,4-5,7,10-13,15H2,1-3H3,(H,20,22). The minimum absolute atomic E-state index is 0.0249. The predicted octanol–water partition coefficient (Wildman–Crippen LogP) is 3.13. The SMILES string of the molecule is CCCN(CCC)C(=O)CCCC(=O)NCc1cccc(OC)c1. The number of benzene rings is 1. The van der Waals surface area contributed by atoms with Gasteiger partial charge in [0.05, 0.1) is 7.11 Å². The molecule has 0 heterocycles. The van der Waals surface area contributed by atoms with Crippen LogP contribution in [-0.2, 0) is 16.1 Å². The van der Waals surface area contributed by atoms with E-state index in [0.717, 1.165) is 37.2 Å². The summed E-state index contributed by atoms with van der Waals surface area (Å²) in [5.74, 6) is 0.904. The monoisotopic (exact) mass is 334 g/mol. The van der Waals surface area contributed by atoms with Crippen molar-refractivity contribution < 1.29 is 14.3 Å². The van der Waals surface area contributed by atoms with Crippen LogP contribution in [0.25, 0.3) is 0 Å². The van der Waals surface area contributed by atoms with Crippen molar-refractivity contribution in [3.8, 4) is 5.75 Å². The van der Waals surface area contributed by atoms with Crippen LogP contribution in [-0.4, -0.2) is 36.9 Å². The molecule has 0 aromatic heterocycles. The van der Waals surface area contributed by atoms with E-state index in [-0.39, 0.29) is 11.8 Å². The molecule has 0 radical (unpaired) electrons. The summed E-state index contributed by atoms with van der Waals surface area (Å²) in [6, 6.07) is 7.61. The van der Waals surface area contributed by atoms with Gasteiger partial charge in [0.1, 0.15) is 5.75 Å². The maximum Gasteiger partial charge on any atom is 0.222 e. The van der Waals surface area contributed by atoms with E-state index in [1.54, 1.807) is 7.11 Å². The Labute approximate surface area is 145 Å². The van der Waals surface area contributed by atoms with Crippen molar-refractivity contribution in [1.29, 1.82) is 0 Å². The van der Waals surface area contributed by atoms with Crippen molar-refractivity contribution in [3.63, 3.8) is 0 Å². The van der Waals surface area contributed by atoms with E-state index in [1.165, 1.54) is 0 Å². The van der Waals surface area contributed by atoms with E-state index in [0.29, 0.717) is 25.8 Å². The zero-order valence-corrected chi connectivity index (χ0v) is 15.1. The molecule has 1 N–H and O–H groups in total. The number of methoxy groups -OCH3 is 1. The lowest BCUT2D eigenvalue weighted by atomic mass is 10.2. The van der Waals surface area contributed by atoms with Crippen LogP contribution in [0.1, 0.15) is 51.5 Å². The molecule has 1 aromatic carbocycles. The van der Waals surface area contributed by atoms with Crippen LogP contribution < -0.4 is 10.1 Å². The fourth-order valence-electron chi connectivity index (χ4n) is 2.53. The second-order valence-corrected chi connectivity index (χ2v) is 5.86. The average Bonchev–Trinajstić information content (AvgIpc) is 2.60. The zero-order valence-electron chi connectivity index (χ0n) is 15.1. The number of carbonyl (C=O) groups excluding carboxylic acids is 2. The first-order valence-corrected chi connectivity index (χ1v) is 8.78. The van der Waals surface area contributed by atoms with Gasteiger partial charge in [-0.3, -0.25) is 9.59 Å². The highest BCUT2D eigenvalue weighted by Crippen LogP contribution is 2.12. The van der Waals surface area contributed by atoms with Gasteiger partial charge in [0.25, 0.3) is 0 Å². The Balaban J connectivity index is 2.29. The zero-order chi connectivity index (χ0) is 17.8. The van der Waals surface area contributed by atoms with E-state index in [2.05, 4.69) is 19.2 Å². The van der Waals surface area contributed by atoms with Gasteiger partial charge in [0.2, 0.25) is 11.8 Å². The summed E-state index contributed by atoms with van der Waals surface area (Å²) in [5.41, 5.74) is 0.996. The summed E-state index contributed by atoms with van der Waals surface area (Å²) in [6.07, 6.45) is 3.33. The number of nitrogens with one attached hydrogen (secondary N) is 1. The van der Waals surface area contributed by atoms with Gasteiger partial charge in [-0.15, -0.1) is 0 Å². The van der Waals surface area contributed by atoms with Gasteiger partial charge >= 0.3 is 0 Å². The lowest BCUT2D eigenvalue weighted by Crippen LogP contribution is -2.32. The van der Waals surface area contributed by atoms with Crippen LogP contribution in [0.2, 0.25) is 0 Å². The molecule has 0 atom stereocenters. The molecule has 134 valence electrons. The fourth-order valence-corrected chi connectivity index (χ4v) is 2.53. The molecule has 24 heavy (non-hydrogen) atoms. The summed E-state index contributed by atoms with van der Waals surface area (Å²) in [6.45, 7) is 6.22. The van der Waals surface area contributed by atoms with Gasteiger partial charge < -0.3 is 15.0 Å². The van der Waals surface area contributed by atoms with E-state index >= 15 is 0 Å². The molecular weight excluding hydrogens is 304 g/mol. The normalized spacial score (nSPS) is 10.3. The number of rotatable bonds is 11. The highest BCUT2D eigenvalue weighted by atomic mass is 16.5. The molecule has 0 spiro atoms. The van der Waals surface area contributed by atoms with Crippen molar-refractivity contribution >= 4 is 11.8 Å². The highest BCUT2D eigenvalue weighted by molar-refractivity contribution is 5.79. The topological polar surface area (TPSA) is 58.6 Å². The second-order valence-electron chi connectivity index (χ2n) is 5.86. The van der Waals surface area contributed by atoms with Crippen LogP contribution in [0.3, 0.4) is 0 Å². The van der Waals surface area contributed by atoms with Gasteiger partial charge in [-0.2, -0.15) is 0 Å². The first-order chi connectivity index (χ1) is 11.6. The summed E-state index contributed by atoms with van der Waals surface area (Å²) in [4.78, 5) is 25.9. The molecule has 5 heteroatoms. The molecule has 0 saturated carbocycles. The Kier molecular flexibility index (Phi) is 9.58. The van der Waals surface area contributed by atoms with Crippen LogP contribution in [0, 0.1) is 0 Å². The maximum atomic E-state index is 12.1. The van der Waals surface area contributed by atoms with Crippen molar-refractivity contribution in [2.75, 3.05) is 20.2 Å². The lowest BCUT2D eigenvalue weighted by molar-refractivity contribution is -0.131. The molecule has 1 rings (SSSR count). The average molecular weight is 334 g/mol. The maximum absolute atomic E-state index is 12.1. The second kappa shape index (κ2) is 11.5. The molecule has 0 bridgehead atoms. The molecule has 5 nitrogen and oxygen atoms in total. The first-order valence-electron chi connectivity index (χ1n) is 8.78. The summed E-state index contributed by atoms with van der Waals surface area (Å²) in [7, 11) is 1.62. The largest absolute Gasteiger partial charge is 0.497 e. The number of hydrogen-bond acceptors (Lipinski definition) is 3. The van der Waals surface area contributed by atoms with Crippen LogP contribution in [0.15, 0.2) is 24.3 Å². The molecular formula is C19H30N2O3. The van der Waals surface area contributed by atoms with Gasteiger partial charge in [-0.1, -0.05) is 26.0 Å². The predicted molar refractivity (Wildman–Crippen MR) is 95.9 cm³/mol. The van der Waals surface area contributed by atoms with Crippen LogP contribution >= 0.6 is 0 Å². The lowest BCUT2D eigenvalue weighted by Gasteiger charge is -2.21. The first kappa shape index (κ1) is 20.0. The molecule has 0 aliphatic rings. The molecule has 0 fully saturated rings. The van der Waals surface area contributed by atoms with E-state index in [4.69, 9.17) is 4.74 Å². The molecule has 2 amide bonds. The molecule has 1 aromatic rings. The number of hydrogen-bond donors (Lipinski definition) is 1. The van der Waals surface area contributed by atoms with Crippen molar-refractivity contribution in [2.45, 2.75) is 52.5 Å². The number of nitrogens with zero attached hydrogens (tertiary/aromatic N) is 1. The van der Waals surface area contributed by atoms with Gasteiger partial charge in [-0.25, -0.2) is 0 Å². The van der Waals surface area contributed by atoms with Gasteiger partial charge in [0, 0.05) is 32.5 Å². The Morgan fingerprint density at radius 2 is 1.83 bits per heavy atom. The summed E-state index contributed by atoms with van der Waals surface area (Å²) < 4.78 is 5.16. The number of ether oxygens (including phenoxy) is 1. The van der Waals surface area contributed by atoms with Crippen LogP contribution in [0.4, 0.5) is 0 Å². The third-order valence-electron chi connectivity index (χ3n) is 3.76. The Morgan fingerprint density at radius 1 is 1.12 bits per heavy atom.